The Balaban J connectivity index is 1.81. The number of nitrogens with one attached hydrogen (secondary N) is 2. The van der Waals surface area contributed by atoms with Crippen LogP contribution in [0.3, 0.4) is 0 Å². The zero-order valence-electron chi connectivity index (χ0n) is 12.1. The Morgan fingerprint density at radius 1 is 1.09 bits per heavy atom. The summed E-state index contributed by atoms with van der Waals surface area (Å²) in [4.78, 5) is 27.6. The van der Waals surface area contributed by atoms with Gasteiger partial charge in [-0.1, -0.05) is 27.3 Å². The number of hydrogen-bond acceptors (Lipinski definition) is 4. The highest BCUT2D eigenvalue weighted by molar-refractivity contribution is 9.10. The minimum Gasteiger partial charge on any atom is -0.322 e. The second kappa shape index (κ2) is 6.47. The molecule has 2 amide bonds. The van der Waals surface area contributed by atoms with E-state index >= 15 is 0 Å². The lowest BCUT2D eigenvalue weighted by Gasteiger charge is -2.05. The van der Waals surface area contributed by atoms with Gasteiger partial charge in [0.1, 0.15) is 0 Å². The maximum absolute atomic E-state index is 12.2. The van der Waals surface area contributed by atoms with Gasteiger partial charge < -0.3 is 10.6 Å². The average Bonchev–Trinajstić information content (AvgIpc) is 2.88. The first kappa shape index (κ1) is 15.6. The van der Waals surface area contributed by atoms with Gasteiger partial charge in [-0.15, -0.1) is 0 Å². The maximum atomic E-state index is 12.2. The molecule has 3 aromatic rings. The molecule has 0 saturated heterocycles. The van der Waals surface area contributed by atoms with Gasteiger partial charge in [0.2, 0.25) is 5.91 Å². The van der Waals surface area contributed by atoms with Gasteiger partial charge in [0.25, 0.3) is 5.91 Å². The van der Waals surface area contributed by atoms with E-state index in [9.17, 15) is 9.59 Å². The highest BCUT2D eigenvalue weighted by atomic mass is 79.9. The molecule has 0 fully saturated rings. The Kier molecular flexibility index (Phi) is 4.40. The van der Waals surface area contributed by atoms with Crippen molar-refractivity contribution >= 4 is 60.1 Å². The van der Waals surface area contributed by atoms with Crippen molar-refractivity contribution in [1.29, 1.82) is 0 Å². The van der Waals surface area contributed by atoms with Crippen molar-refractivity contribution in [2.75, 3.05) is 10.6 Å². The van der Waals surface area contributed by atoms with Crippen molar-refractivity contribution in [3.8, 4) is 0 Å². The van der Waals surface area contributed by atoms with Crippen molar-refractivity contribution in [2.45, 2.75) is 6.92 Å². The lowest BCUT2D eigenvalue weighted by molar-refractivity contribution is -0.114. The van der Waals surface area contributed by atoms with E-state index in [0.29, 0.717) is 16.4 Å². The van der Waals surface area contributed by atoms with E-state index in [0.717, 1.165) is 14.7 Å². The van der Waals surface area contributed by atoms with Crippen LogP contribution < -0.4 is 10.6 Å². The molecule has 2 aromatic carbocycles. The SMILES string of the molecule is CC(=O)Nc1nc2cc(NC(=O)c3ccc(Br)cc3)ccc2s1. The van der Waals surface area contributed by atoms with Crippen LogP contribution in [-0.2, 0) is 4.79 Å². The minimum absolute atomic E-state index is 0.159. The summed E-state index contributed by atoms with van der Waals surface area (Å²) in [5.74, 6) is -0.345. The standard InChI is InChI=1S/C16H12BrN3O2S/c1-9(21)18-16-20-13-8-12(6-7-14(13)23-16)19-15(22)10-2-4-11(17)5-3-10/h2-8H,1H3,(H,19,22)(H,18,20,21). The Morgan fingerprint density at radius 2 is 1.83 bits per heavy atom. The van der Waals surface area contributed by atoms with E-state index < -0.39 is 0 Å². The molecule has 0 bridgehead atoms. The van der Waals surface area contributed by atoms with Crippen LogP contribution >= 0.6 is 27.3 Å². The third-order valence-corrected chi connectivity index (χ3v) is 4.52. The van der Waals surface area contributed by atoms with E-state index in [-0.39, 0.29) is 11.8 Å². The molecule has 0 saturated carbocycles. The Hall–Kier alpha value is -2.25. The number of nitrogens with zero attached hydrogens (tertiary/aromatic N) is 1. The summed E-state index contributed by atoms with van der Waals surface area (Å²) in [6.45, 7) is 1.44. The van der Waals surface area contributed by atoms with Crippen LogP contribution in [0.5, 0.6) is 0 Å². The predicted octanol–water partition coefficient (Wildman–Crippen LogP) is 4.27. The van der Waals surface area contributed by atoms with Crippen LogP contribution in [0.25, 0.3) is 10.2 Å². The number of hydrogen-bond donors (Lipinski definition) is 2. The van der Waals surface area contributed by atoms with Crippen LogP contribution in [0, 0.1) is 0 Å². The predicted molar refractivity (Wildman–Crippen MR) is 96.0 cm³/mol. The summed E-state index contributed by atoms with van der Waals surface area (Å²) < 4.78 is 1.86. The molecule has 0 aliphatic rings. The fourth-order valence-corrected chi connectivity index (χ4v) is 3.17. The summed E-state index contributed by atoms with van der Waals surface area (Å²) in [5, 5.41) is 6.05. The van der Waals surface area contributed by atoms with Gasteiger partial charge in [0.05, 0.1) is 10.2 Å². The first-order chi connectivity index (χ1) is 11.0. The largest absolute Gasteiger partial charge is 0.322 e. The summed E-state index contributed by atoms with van der Waals surface area (Å²) in [6.07, 6.45) is 0. The molecule has 1 heterocycles. The lowest BCUT2D eigenvalue weighted by Crippen LogP contribution is -2.11. The second-order valence-corrected chi connectivity index (χ2v) is 6.79. The number of benzene rings is 2. The highest BCUT2D eigenvalue weighted by Crippen LogP contribution is 2.28. The van der Waals surface area contributed by atoms with E-state index in [1.165, 1.54) is 18.3 Å². The number of halogens is 1. The quantitative estimate of drug-likeness (QED) is 0.702. The van der Waals surface area contributed by atoms with Crippen molar-refractivity contribution in [2.24, 2.45) is 0 Å². The molecule has 1 aromatic heterocycles. The second-order valence-electron chi connectivity index (χ2n) is 4.84. The number of carbonyl (C=O) groups is 2. The molecular weight excluding hydrogens is 378 g/mol. The third kappa shape index (κ3) is 3.75. The molecular formula is C16H12BrN3O2S. The minimum atomic E-state index is -0.186. The number of amides is 2. The van der Waals surface area contributed by atoms with Crippen LogP contribution in [0.15, 0.2) is 46.9 Å². The molecule has 3 rings (SSSR count). The molecule has 0 aliphatic carbocycles. The number of aromatic nitrogens is 1. The van der Waals surface area contributed by atoms with Crippen molar-refractivity contribution in [3.05, 3.63) is 52.5 Å². The van der Waals surface area contributed by atoms with Gasteiger partial charge in [-0.05, 0) is 42.5 Å². The summed E-state index contributed by atoms with van der Waals surface area (Å²) in [6, 6.07) is 12.6. The molecule has 5 nitrogen and oxygen atoms in total. The van der Waals surface area contributed by atoms with Gasteiger partial charge in [-0.25, -0.2) is 4.98 Å². The smallest absolute Gasteiger partial charge is 0.255 e. The highest BCUT2D eigenvalue weighted by Gasteiger charge is 2.09. The van der Waals surface area contributed by atoms with Gasteiger partial charge >= 0.3 is 0 Å². The molecule has 0 unspecified atom stereocenters. The third-order valence-electron chi connectivity index (χ3n) is 3.03. The number of thiazole rings is 1. The first-order valence-corrected chi connectivity index (χ1v) is 8.37. The van der Waals surface area contributed by atoms with Crippen LogP contribution in [-0.4, -0.2) is 16.8 Å². The van der Waals surface area contributed by atoms with Crippen LogP contribution in [0.2, 0.25) is 0 Å². The number of anilines is 2. The molecule has 2 N–H and O–H groups in total. The van der Waals surface area contributed by atoms with Crippen molar-refractivity contribution in [1.82, 2.24) is 4.98 Å². The lowest BCUT2D eigenvalue weighted by atomic mass is 10.2. The fourth-order valence-electron chi connectivity index (χ4n) is 2.01. The summed E-state index contributed by atoms with van der Waals surface area (Å²) in [5.41, 5.74) is 1.96. The van der Waals surface area contributed by atoms with Gasteiger partial charge in [0.15, 0.2) is 5.13 Å². The Bertz CT molecular complexity index is 890. The monoisotopic (exact) mass is 389 g/mol. The van der Waals surface area contributed by atoms with Crippen molar-refractivity contribution < 1.29 is 9.59 Å². The molecule has 7 heteroatoms. The number of fused-ring (bicyclic) bond motifs is 1. The van der Waals surface area contributed by atoms with Crippen LogP contribution in [0.4, 0.5) is 10.8 Å². The zero-order valence-corrected chi connectivity index (χ0v) is 14.5. The molecule has 0 atom stereocenters. The van der Waals surface area contributed by atoms with Gasteiger partial charge in [-0.3, -0.25) is 9.59 Å². The average molecular weight is 390 g/mol. The zero-order chi connectivity index (χ0) is 16.4. The maximum Gasteiger partial charge on any atom is 0.255 e. The van der Waals surface area contributed by atoms with E-state index in [4.69, 9.17) is 0 Å². The van der Waals surface area contributed by atoms with Crippen LogP contribution in [0.1, 0.15) is 17.3 Å². The van der Waals surface area contributed by atoms with E-state index in [1.54, 1.807) is 18.2 Å². The van der Waals surface area contributed by atoms with E-state index in [2.05, 4.69) is 31.5 Å². The molecule has 0 aliphatic heterocycles. The molecule has 23 heavy (non-hydrogen) atoms. The summed E-state index contributed by atoms with van der Waals surface area (Å²) in [7, 11) is 0. The molecule has 0 spiro atoms. The van der Waals surface area contributed by atoms with Crippen molar-refractivity contribution in [3.63, 3.8) is 0 Å². The van der Waals surface area contributed by atoms with Gasteiger partial charge in [0, 0.05) is 22.6 Å². The summed E-state index contributed by atoms with van der Waals surface area (Å²) >= 11 is 4.73. The fraction of sp³-hybridized carbons (Fsp3) is 0.0625. The number of carbonyl (C=O) groups excluding carboxylic acids is 2. The first-order valence-electron chi connectivity index (χ1n) is 6.76. The molecule has 116 valence electrons. The number of rotatable bonds is 3. The normalized spacial score (nSPS) is 10.5. The topological polar surface area (TPSA) is 71.1 Å². The van der Waals surface area contributed by atoms with E-state index in [1.807, 2.05) is 24.3 Å². The molecule has 0 radical (unpaired) electrons. The Morgan fingerprint density at radius 3 is 2.52 bits per heavy atom. The Labute approximate surface area is 144 Å². The van der Waals surface area contributed by atoms with Gasteiger partial charge in [-0.2, -0.15) is 0 Å².